The van der Waals surface area contributed by atoms with Gasteiger partial charge in [-0.15, -0.1) is 0 Å². The molecule has 4 nitrogen and oxygen atoms in total. The third kappa shape index (κ3) is 4.41. The molecular weight excluding hydrogens is 400 g/mol. The van der Waals surface area contributed by atoms with Gasteiger partial charge in [0.2, 0.25) is 0 Å². The zero-order valence-electron chi connectivity index (χ0n) is 11.1. The topological polar surface area (TPSA) is 58.2 Å². The summed E-state index contributed by atoms with van der Waals surface area (Å²) in [4.78, 5) is 23.7. The zero-order valence-corrected chi connectivity index (χ0v) is 14.3. The molecule has 21 heavy (non-hydrogen) atoms. The Kier molecular flexibility index (Phi) is 5.14. The average molecular weight is 412 g/mol. The van der Waals surface area contributed by atoms with Crippen molar-refractivity contribution in [3.05, 3.63) is 57.0 Å². The van der Waals surface area contributed by atoms with Crippen molar-refractivity contribution in [3.63, 3.8) is 0 Å². The highest BCUT2D eigenvalue weighted by molar-refractivity contribution is 9.10. The molecule has 0 aliphatic rings. The van der Waals surface area contributed by atoms with Crippen molar-refractivity contribution < 1.29 is 9.59 Å². The van der Waals surface area contributed by atoms with Crippen molar-refractivity contribution in [1.82, 2.24) is 0 Å². The minimum absolute atomic E-state index is 0.549. The highest BCUT2D eigenvalue weighted by Crippen LogP contribution is 2.23. The second-order valence-corrected chi connectivity index (χ2v) is 6.17. The number of carbonyl (C=O) groups is 2. The lowest BCUT2D eigenvalue weighted by Gasteiger charge is -2.08. The number of nitrogens with one attached hydrogen (secondary N) is 2. The van der Waals surface area contributed by atoms with Crippen LogP contribution in [0.3, 0.4) is 0 Å². The number of carbonyl (C=O) groups excluding carboxylic acids is 2. The summed E-state index contributed by atoms with van der Waals surface area (Å²) in [7, 11) is 0. The van der Waals surface area contributed by atoms with Crippen molar-refractivity contribution >= 4 is 55.0 Å². The Balaban J connectivity index is 2.04. The Morgan fingerprint density at radius 2 is 1.67 bits per heavy atom. The molecule has 2 rings (SSSR count). The molecule has 0 fully saturated rings. The van der Waals surface area contributed by atoms with Gasteiger partial charge >= 0.3 is 11.8 Å². The lowest BCUT2D eigenvalue weighted by Crippen LogP contribution is -2.29. The van der Waals surface area contributed by atoms with Crippen molar-refractivity contribution in [2.75, 3.05) is 10.6 Å². The molecule has 0 saturated heterocycles. The van der Waals surface area contributed by atoms with Gasteiger partial charge in [0, 0.05) is 14.6 Å². The molecule has 108 valence electrons. The van der Waals surface area contributed by atoms with E-state index in [1.165, 1.54) is 0 Å². The number of amides is 2. The fourth-order valence-electron chi connectivity index (χ4n) is 1.65. The van der Waals surface area contributed by atoms with E-state index >= 15 is 0 Å². The SMILES string of the molecule is Cc1ccc(NC(=O)C(=O)Nc2cccc(Br)c2)c(Br)c1. The molecule has 2 amide bonds. The van der Waals surface area contributed by atoms with Gasteiger partial charge in [0.05, 0.1) is 5.69 Å². The van der Waals surface area contributed by atoms with E-state index in [4.69, 9.17) is 0 Å². The summed E-state index contributed by atoms with van der Waals surface area (Å²) in [5.41, 5.74) is 2.15. The highest BCUT2D eigenvalue weighted by Gasteiger charge is 2.15. The van der Waals surface area contributed by atoms with Crippen LogP contribution in [0.2, 0.25) is 0 Å². The first-order valence-electron chi connectivity index (χ1n) is 6.10. The summed E-state index contributed by atoms with van der Waals surface area (Å²) >= 11 is 6.65. The Labute approximate surface area is 139 Å². The van der Waals surface area contributed by atoms with Crippen LogP contribution in [0.1, 0.15) is 5.56 Å². The first-order chi connectivity index (χ1) is 9.95. The quantitative estimate of drug-likeness (QED) is 0.731. The van der Waals surface area contributed by atoms with Crippen LogP contribution in [-0.4, -0.2) is 11.8 Å². The monoisotopic (exact) mass is 410 g/mol. The maximum atomic E-state index is 11.9. The van der Waals surface area contributed by atoms with E-state index in [-0.39, 0.29) is 0 Å². The highest BCUT2D eigenvalue weighted by atomic mass is 79.9. The van der Waals surface area contributed by atoms with Crippen LogP contribution in [0.5, 0.6) is 0 Å². The second-order valence-electron chi connectivity index (χ2n) is 4.40. The predicted octanol–water partition coefficient (Wildman–Crippen LogP) is 4.10. The molecule has 0 atom stereocenters. The van der Waals surface area contributed by atoms with Crippen LogP contribution in [0.15, 0.2) is 51.4 Å². The summed E-state index contributed by atoms with van der Waals surface area (Å²) in [5.74, 6) is -1.44. The van der Waals surface area contributed by atoms with E-state index in [1.807, 2.05) is 25.1 Å². The molecular formula is C15H12Br2N2O2. The maximum Gasteiger partial charge on any atom is 0.314 e. The van der Waals surface area contributed by atoms with E-state index in [0.29, 0.717) is 11.4 Å². The third-order valence-corrected chi connectivity index (χ3v) is 3.81. The van der Waals surface area contributed by atoms with Crippen LogP contribution in [0.4, 0.5) is 11.4 Å². The largest absolute Gasteiger partial charge is 0.318 e. The molecule has 0 aliphatic carbocycles. The van der Waals surface area contributed by atoms with Gasteiger partial charge in [-0.2, -0.15) is 0 Å². The normalized spacial score (nSPS) is 10.0. The molecule has 0 aromatic heterocycles. The van der Waals surface area contributed by atoms with Gasteiger partial charge in [-0.1, -0.05) is 28.1 Å². The summed E-state index contributed by atoms with van der Waals surface area (Å²) in [6.07, 6.45) is 0. The van der Waals surface area contributed by atoms with Crippen molar-refractivity contribution in [1.29, 1.82) is 0 Å². The second kappa shape index (κ2) is 6.87. The molecule has 2 aromatic rings. The molecule has 0 heterocycles. The molecule has 0 bridgehead atoms. The van der Waals surface area contributed by atoms with Crippen molar-refractivity contribution in [2.24, 2.45) is 0 Å². The lowest BCUT2D eigenvalue weighted by atomic mass is 10.2. The first kappa shape index (κ1) is 15.7. The number of hydrogen-bond donors (Lipinski definition) is 2. The van der Waals surface area contributed by atoms with E-state index in [0.717, 1.165) is 14.5 Å². The maximum absolute atomic E-state index is 11.9. The van der Waals surface area contributed by atoms with Gasteiger partial charge in [-0.05, 0) is 58.7 Å². The van der Waals surface area contributed by atoms with Gasteiger partial charge < -0.3 is 10.6 Å². The molecule has 2 N–H and O–H groups in total. The summed E-state index contributed by atoms with van der Waals surface area (Å²) in [6, 6.07) is 12.5. The molecule has 0 aliphatic heterocycles. The zero-order chi connectivity index (χ0) is 15.4. The molecule has 0 radical (unpaired) electrons. The molecule has 0 unspecified atom stereocenters. The molecule has 0 saturated carbocycles. The Bertz CT molecular complexity index is 702. The van der Waals surface area contributed by atoms with E-state index in [1.54, 1.807) is 24.3 Å². The standard InChI is InChI=1S/C15H12Br2N2O2/c1-9-5-6-13(12(17)7-9)19-15(21)14(20)18-11-4-2-3-10(16)8-11/h2-8H,1H3,(H,18,20)(H,19,21). The smallest absolute Gasteiger partial charge is 0.314 e. The van der Waals surface area contributed by atoms with Crippen LogP contribution in [0.25, 0.3) is 0 Å². The summed E-state index contributed by atoms with van der Waals surface area (Å²) < 4.78 is 1.55. The first-order valence-corrected chi connectivity index (χ1v) is 7.68. The number of aryl methyl sites for hydroxylation is 1. The number of halogens is 2. The number of anilines is 2. The van der Waals surface area contributed by atoms with E-state index < -0.39 is 11.8 Å². The van der Waals surface area contributed by atoms with Crippen LogP contribution in [-0.2, 0) is 9.59 Å². The summed E-state index contributed by atoms with van der Waals surface area (Å²) in [5, 5.41) is 5.10. The van der Waals surface area contributed by atoms with E-state index in [2.05, 4.69) is 42.5 Å². The van der Waals surface area contributed by atoms with Gasteiger partial charge in [0.15, 0.2) is 0 Å². The van der Waals surface area contributed by atoms with Gasteiger partial charge in [0.25, 0.3) is 0 Å². The number of benzene rings is 2. The van der Waals surface area contributed by atoms with E-state index in [9.17, 15) is 9.59 Å². The minimum atomic E-state index is -0.723. The Hall–Kier alpha value is -1.66. The fourth-order valence-corrected chi connectivity index (χ4v) is 2.65. The number of hydrogen-bond acceptors (Lipinski definition) is 2. The van der Waals surface area contributed by atoms with Gasteiger partial charge in [-0.3, -0.25) is 9.59 Å². The average Bonchev–Trinajstić information content (AvgIpc) is 2.41. The van der Waals surface area contributed by atoms with Gasteiger partial charge in [-0.25, -0.2) is 0 Å². The Morgan fingerprint density at radius 3 is 2.33 bits per heavy atom. The Morgan fingerprint density at radius 1 is 0.952 bits per heavy atom. The lowest BCUT2D eigenvalue weighted by molar-refractivity contribution is -0.133. The molecule has 6 heteroatoms. The third-order valence-electron chi connectivity index (χ3n) is 2.66. The van der Waals surface area contributed by atoms with Gasteiger partial charge in [0.1, 0.15) is 0 Å². The minimum Gasteiger partial charge on any atom is -0.318 e. The number of rotatable bonds is 2. The molecule has 2 aromatic carbocycles. The predicted molar refractivity (Wildman–Crippen MR) is 90.3 cm³/mol. The van der Waals surface area contributed by atoms with Crippen LogP contribution < -0.4 is 10.6 Å². The van der Waals surface area contributed by atoms with Crippen LogP contribution in [0, 0.1) is 6.92 Å². The fraction of sp³-hybridized carbons (Fsp3) is 0.0667. The molecule has 0 spiro atoms. The summed E-state index contributed by atoms with van der Waals surface area (Å²) in [6.45, 7) is 1.94. The van der Waals surface area contributed by atoms with Crippen molar-refractivity contribution in [3.8, 4) is 0 Å². The van der Waals surface area contributed by atoms with Crippen molar-refractivity contribution in [2.45, 2.75) is 6.92 Å². The van der Waals surface area contributed by atoms with Crippen LogP contribution >= 0.6 is 31.9 Å².